The van der Waals surface area contributed by atoms with E-state index in [2.05, 4.69) is 73.7 Å². The van der Waals surface area contributed by atoms with Crippen LogP contribution in [-0.2, 0) is 0 Å². The Morgan fingerprint density at radius 3 is 2.19 bits per heavy atom. The minimum absolute atomic E-state index is 0.101. The first-order valence-electron chi connectivity index (χ1n) is 7.20. The predicted octanol–water partition coefficient (Wildman–Crippen LogP) is 5.02. The minimum Gasteiger partial charge on any atom is -0.327 e. The Labute approximate surface area is 130 Å². The summed E-state index contributed by atoms with van der Waals surface area (Å²) in [4.78, 5) is 1.26. The zero-order valence-electron chi connectivity index (χ0n) is 12.1. The molecule has 0 aromatic heterocycles. The van der Waals surface area contributed by atoms with Crippen LogP contribution in [0.5, 0.6) is 0 Å². The van der Waals surface area contributed by atoms with Crippen LogP contribution < -0.4 is 5.73 Å². The molecule has 0 amide bonds. The molecule has 0 bridgehead atoms. The molecule has 3 rings (SSSR count). The number of hydrogen-bond acceptors (Lipinski definition) is 2. The van der Waals surface area contributed by atoms with Crippen LogP contribution in [0.2, 0.25) is 0 Å². The van der Waals surface area contributed by atoms with Gasteiger partial charge in [0.1, 0.15) is 0 Å². The maximum absolute atomic E-state index is 6.21. The van der Waals surface area contributed by atoms with Crippen molar-refractivity contribution in [3.05, 3.63) is 78.4 Å². The molecule has 2 heteroatoms. The molecular formula is C19H19NS. The molecule has 2 N–H and O–H groups in total. The van der Waals surface area contributed by atoms with Crippen LogP contribution in [0, 0.1) is 0 Å². The summed E-state index contributed by atoms with van der Waals surface area (Å²) in [7, 11) is 0. The van der Waals surface area contributed by atoms with E-state index >= 15 is 0 Å². The summed E-state index contributed by atoms with van der Waals surface area (Å²) >= 11 is 1.84. The average molecular weight is 293 g/mol. The van der Waals surface area contributed by atoms with Crippen molar-refractivity contribution >= 4 is 22.5 Å². The Balaban J connectivity index is 1.91. The normalized spacial score (nSPS) is 14.0. The van der Waals surface area contributed by atoms with Crippen LogP contribution in [0.25, 0.3) is 10.8 Å². The molecule has 3 aromatic carbocycles. The minimum atomic E-state index is 0.101. The van der Waals surface area contributed by atoms with Gasteiger partial charge in [0.2, 0.25) is 0 Å². The standard InChI is InChI=1S/C19H19NS/c1-14(20)19(16-8-3-2-4-9-16)21-18-12-11-15-7-5-6-10-17(15)13-18/h2-14,19H,20H2,1H3. The van der Waals surface area contributed by atoms with Gasteiger partial charge in [-0.1, -0.05) is 60.7 Å². The molecule has 0 radical (unpaired) electrons. The third-order valence-electron chi connectivity index (χ3n) is 3.59. The second kappa shape index (κ2) is 6.33. The molecule has 0 heterocycles. The fraction of sp³-hybridized carbons (Fsp3) is 0.158. The van der Waals surface area contributed by atoms with E-state index in [0.717, 1.165) is 0 Å². The van der Waals surface area contributed by atoms with Gasteiger partial charge in [-0.05, 0) is 35.4 Å². The lowest BCUT2D eigenvalue weighted by molar-refractivity contribution is 0.721. The van der Waals surface area contributed by atoms with Crippen molar-refractivity contribution < 1.29 is 0 Å². The zero-order chi connectivity index (χ0) is 14.7. The molecule has 0 aliphatic heterocycles. The van der Waals surface area contributed by atoms with Crippen molar-refractivity contribution in [2.75, 3.05) is 0 Å². The third kappa shape index (κ3) is 3.29. The van der Waals surface area contributed by atoms with Crippen LogP contribution in [0.1, 0.15) is 17.7 Å². The highest BCUT2D eigenvalue weighted by atomic mass is 32.2. The Morgan fingerprint density at radius 1 is 0.810 bits per heavy atom. The van der Waals surface area contributed by atoms with Crippen LogP contribution in [0.4, 0.5) is 0 Å². The highest BCUT2D eigenvalue weighted by Crippen LogP contribution is 2.38. The van der Waals surface area contributed by atoms with Crippen LogP contribution in [-0.4, -0.2) is 6.04 Å². The van der Waals surface area contributed by atoms with E-state index in [9.17, 15) is 0 Å². The van der Waals surface area contributed by atoms with Crippen molar-refractivity contribution in [1.29, 1.82) is 0 Å². The predicted molar refractivity (Wildman–Crippen MR) is 92.6 cm³/mol. The maximum atomic E-state index is 6.21. The first kappa shape index (κ1) is 14.2. The molecule has 0 aliphatic carbocycles. The fourth-order valence-corrected chi connectivity index (χ4v) is 3.65. The van der Waals surface area contributed by atoms with Gasteiger partial charge in [0.25, 0.3) is 0 Å². The first-order chi connectivity index (χ1) is 10.2. The molecule has 106 valence electrons. The van der Waals surface area contributed by atoms with E-state index < -0.39 is 0 Å². The van der Waals surface area contributed by atoms with Crippen molar-refractivity contribution in [2.45, 2.75) is 23.1 Å². The Hall–Kier alpha value is -1.77. The number of hydrogen-bond donors (Lipinski definition) is 1. The number of nitrogens with two attached hydrogens (primary N) is 1. The molecule has 0 fully saturated rings. The van der Waals surface area contributed by atoms with Gasteiger partial charge < -0.3 is 5.73 Å². The van der Waals surface area contributed by atoms with Crippen LogP contribution in [0.3, 0.4) is 0 Å². The molecule has 1 nitrogen and oxygen atoms in total. The smallest absolute Gasteiger partial charge is 0.0492 e. The van der Waals surface area contributed by atoms with E-state index in [0.29, 0.717) is 0 Å². The molecule has 0 aliphatic rings. The van der Waals surface area contributed by atoms with Gasteiger partial charge in [-0.25, -0.2) is 0 Å². The quantitative estimate of drug-likeness (QED) is 0.683. The summed E-state index contributed by atoms with van der Waals surface area (Å²) in [6.45, 7) is 2.08. The molecule has 2 unspecified atom stereocenters. The molecule has 0 saturated carbocycles. The van der Waals surface area contributed by atoms with Gasteiger partial charge in [-0.3, -0.25) is 0 Å². The maximum Gasteiger partial charge on any atom is 0.0492 e. The zero-order valence-corrected chi connectivity index (χ0v) is 12.9. The average Bonchev–Trinajstić information content (AvgIpc) is 2.53. The number of thioether (sulfide) groups is 1. The summed E-state index contributed by atoms with van der Waals surface area (Å²) in [6, 6.07) is 25.7. The second-order valence-corrected chi connectivity index (χ2v) is 6.53. The lowest BCUT2D eigenvalue weighted by atomic mass is 10.1. The molecule has 0 saturated heterocycles. The van der Waals surface area contributed by atoms with Crippen molar-refractivity contribution in [1.82, 2.24) is 0 Å². The highest BCUT2D eigenvalue weighted by Gasteiger charge is 2.17. The molecule has 0 spiro atoms. The molecule has 21 heavy (non-hydrogen) atoms. The van der Waals surface area contributed by atoms with Crippen LogP contribution in [0.15, 0.2) is 77.7 Å². The Kier molecular flexibility index (Phi) is 4.28. The highest BCUT2D eigenvalue weighted by molar-refractivity contribution is 7.99. The summed E-state index contributed by atoms with van der Waals surface area (Å²) in [5.41, 5.74) is 7.49. The van der Waals surface area contributed by atoms with E-state index in [4.69, 9.17) is 5.73 Å². The summed E-state index contributed by atoms with van der Waals surface area (Å²) in [6.07, 6.45) is 0. The van der Waals surface area contributed by atoms with Gasteiger partial charge in [0.05, 0.1) is 0 Å². The van der Waals surface area contributed by atoms with E-state index in [1.807, 2.05) is 17.8 Å². The van der Waals surface area contributed by atoms with Crippen molar-refractivity contribution in [3.63, 3.8) is 0 Å². The number of fused-ring (bicyclic) bond motifs is 1. The van der Waals surface area contributed by atoms with Gasteiger partial charge in [0.15, 0.2) is 0 Å². The van der Waals surface area contributed by atoms with E-state index in [1.54, 1.807) is 0 Å². The molecule has 3 aromatic rings. The van der Waals surface area contributed by atoms with Crippen LogP contribution >= 0.6 is 11.8 Å². The first-order valence-corrected chi connectivity index (χ1v) is 8.08. The van der Waals surface area contributed by atoms with Crippen molar-refractivity contribution in [2.24, 2.45) is 5.73 Å². The lowest BCUT2D eigenvalue weighted by Crippen LogP contribution is -2.22. The lowest BCUT2D eigenvalue weighted by Gasteiger charge is -2.21. The molecular weight excluding hydrogens is 274 g/mol. The third-order valence-corrected chi connectivity index (χ3v) is 5.07. The second-order valence-electron chi connectivity index (χ2n) is 5.32. The van der Waals surface area contributed by atoms with Gasteiger partial charge in [-0.2, -0.15) is 0 Å². The van der Waals surface area contributed by atoms with Gasteiger partial charge in [0, 0.05) is 16.2 Å². The summed E-state index contributed by atoms with van der Waals surface area (Å²) < 4.78 is 0. The van der Waals surface area contributed by atoms with Gasteiger partial charge >= 0.3 is 0 Å². The van der Waals surface area contributed by atoms with Gasteiger partial charge in [-0.15, -0.1) is 11.8 Å². The largest absolute Gasteiger partial charge is 0.327 e. The SMILES string of the molecule is CC(N)C(Sc1ccc2ccccc2c1)c1ccccc1. The van der Waals surface area contributed by atoms with Crippen molar-refractivity contribution in [3.8, 4) is 0 Å². The van der Waals surface area contributed by atoms with E-state index in [1.165, 1.54) is 21.2 Å². The topological polar surface area (TPSA) is 26.0 Å². The fourth-order valence-electron chi connectivity index (χ4n) is 2.51. The number of benzene rings is 3. The monoisotopic (exact) mass is 293 g/mol. The Bertz CT molecular complexity index is 722. The summed E-state index contributed by atoms with van der Waals surface area (Å²) in [5.74, 6) is 0. The number of rotatable bonds is 4. The van der Waals surface area contributed by atoms with E-state index in [-0.39, 0.29) is 11.3 Å². The Morgan fingerprint density at radius 2 is 1.48 bits per heavy atom. The summed E-state index contributed by atoms with van der Waals surface area (Å²) in [5, 5.41) is 2.82. The molecule has 2 atom stereocenters.